The largest absolute Gasteiger partial charge is 0.462 e. The lowest BCUT2D eigenvalue weighted by Gasteiger charge is -2.61. The van der Waals surface area contributed by atoms with Crippen molar-refractivity contribution in [1.82, 2.24) is 0 Å². The molecule has 0 radical (unpaired) electrons. The fourth-order valence-electron chi connectivity index (χ4n) is 9.64. The first kappa shape index (κ1) is 25.1. The van der Waals surface area contributed by atoms with Crippen molar-refractivity contribution in [3.63, 3.8) is 0 Å². The van der Waals surface area contributed by atoms with Gasteiger partial charge in [0.05, 0.1) is 6.26 Å². The van der Waals surface area contributed by atoms with Gasteiger partial charge in [0.25, 0.3) is 0 Å². The molecule has 5 aliphatic rings. The van der Waals surface area contributed by atoms with E-state index in [1.165, 1.54) is 13.0 Å². The van der Waals surface area contributed by atoms with Gasteiger partial charge >= 0.3 is 17.6 Å². The molecule has 1 aromatic heterocycles. The number of carbonyl (C=O) groups is 2. The molecule has 202 valence electrons. The summed E-state index contributed by atoms with van der Waals surface area (Å²) >= 11 is 0. The minimum atomic E-state index is -0.381. The molecule has 10 atom stereocenters. The lowest BCUT2D eigenvalue weighted by molar-refractivity contribution is -0.168. The zero-order valence-corrected chi connectivity index (χ0v) is 22.5. The number of epoxide rings is 1. The molecule has 0 bridgehead atoms. The summed E-state index contributed by atoms with van der Waals surface area (Å²) in [5.74, 6) is 1.04. The van der Waals surface area contributed by atoms with Gasteiger partial charge < -0.3 is 18.6 Å². The average Bonchev–Trinajstić information content (AvgIpc) is 3.55. The van der Waals surface area contributed by atoms with Gasteiger partial charge in [-0.05, 0) is 86.2 Å². The second-order valence-electron chi connectivity index (χ2n) is 12.9. The van der Waals surface area contributed by atoms with E-state index in [1.807, 2.05) is 13.0 Å². The molecule has 1 aromatic rings. The van der Waals surface area contributed by atoms with Crippen molar-refractivity contribution in [1.29, 1.82) is 0 Å². The Balaban J connectivity index is 1.29. The number of hydrogen-bond donors (Lipinski definition) is 0. The first-order chi connectivity index (χ1) is 17.6. The third-order valence-electron chi connectivity index (χ3n) is 11.2. The van der Waals surface area contributed by atoms with Crippen LogP contribution in [0.15, 0.2) is 27.6 Å². The van der Waals surface area contributed by atoms with E-state index < -0.39 is 0 Å². The van der Waals surface area contributed by atoms with E-state index in [9.17, 15) is 14.4 Å². The van der Waals surface area contributed by atoms with Gasteiger partial charge in [-0.3, -0.25) is 9.59 Å². The number of fused-ring (bicyclic) bond motifs is 3. The van der Waals surface area contributed by atoms with E-state index in [4.69, 9.17) is 18.6 Å². The molecule has 4 saturated carbocycles. The van der Waals surface area contributed by atoms with Crippen LogP contribution >= 0.6 is 0 Å². The Morgan fingerprint density at radius 2 is 1.86 bits per heavy atom. The molecule has 2 heterocycles. The van der Waals surface area contributed by atoms with E-state index in [2.05, 4.69) is 13.8 Å². The molecule has 7 heteroatoms. The summed E-state index contributed by atoms with van der Waals surface area (Å²) in [4.78, 5) is 36.0. The van der Waals surface area contributed by atoms with E-state index >= 15 is 0 Å². The van der Waals surface area contributed by atoms with Crippen LogP contribution in [-0.2, 0) is 23.8 Å². The third kappa shape index (κ3) is 3.59. The third-order valence-corrected chi connectivity index (χ3v) is 11.2. The van der Waals surface area contributed by atoms with Gasteiger partial charge in [-0.15, -0.1) is 0 Å². The van der Waals surface area contributed by atoms with Crippen LogP contribution in [0.2, 0.25) is 0 Å². The van der Waals surface area contributed by atoms with Gasteiger partial charge in [0.1, 0.15) is 23.9 Å². The van der Waals surface area contributed by atoms with E-state index in [1.54, 1.807) is 6.26 Å². The van der Waals surface area contributed by atoms with Crippen molar-refractivity contribution < 1.29 is 28.2 Å². The van der Waals surface area contributed by atoms with Gasteiger partial charge in [-0.1, -0.05) is 20.8 Å². The molecule has 1 saturated heterocycles. The molecule has 0 N–H and O–H groups in total. The van der Waals surface area contributed by atoms with Crippen LogP contribution in [-0.4, -0.2) is 35.9 Å². The summed E-state index contributed by atoms with van der Waals surface area (Å²) in [5.41, 5.74) is 0.191. The highest BCUT2D eigenvalue weighted by atomic mass is 16.7. The minimum Gasteiger partial charge on any atom is -0.462 e. The summed E-state index contributed by atoms with van der Waals surface area (Å²) in [6.07, 6.45) is 9.64. The second kappa shape index (κ2) is 8.69. The molecular formula is C30H40O7. The molecule has 5 fully saturated rings. The fourth-order valence-corrected chi connectivity index (χ4v) is 9.64. The smallest absolute Gasteiger partial charge is 0.335 e. The van der Waals surface area contributed by atoms with E-state index in [-0.39, 0.29) is 58.2 Å². The highest BCUT2D eigenvalue weighted by Gasteiger charge is 2.84. The van der Waals surface area contributed by atoms with Crippen molar-refractivity contribution in [3.8, 4) is 0 Å². The summed E-state index contributed by atoms with van der Waals surface area (Å²) in [5, 5.41) is 0. The number of hydrogen-bond acceptors (Lipinski definition) is 7. The Morgan fingerprint density at radius 1 is 1.05 bits per heavy atom. The monoisotopic (exact) mass is 512 g/mol. The molecule has 0 aromatic carbocycles. The highest BCUT2D eigenvalue weighted by molar-refractivity contribution is 5.69. The topological polar surface area (TPSA) is 95.3 Å². The summed E-state index contributed by atoms with van der Waals surface area (Å²) in [6, 6.07) is 3.30. The second-order valence-corrected chi connectivity index (χ2v) is 12.9. The van der Waals surface area contributed by atoms with Gasteiger partial charge in [0, 0.05) is 30.7 Å². The fraction of sp³-hybridized carbons (Fsp3) is 0.767. The molecule has 4 aliphatic carbocycles. The molecule has 6 rings (SSSR count). The maximum Gasteiger partial charge on any atom is 0.335 e. The normalized spacial score (nSPS) is 45.6. The van der Waals surface area contributed by atoms with Crippen molar-refractivity contribution in [3.05, 3.63) is 34.4 Å². The first-order valence-electron chi connectivity index (χ1n) is 14.3. The van der Waals surface area contributed by atoms with Crippen molar-refractivity contribution in [2.45, 2.75) is 115 Å². The summed E-state index contributed by atoms with van der Waals surface area (Å²) < 4.78 is 23.8. The maximum absolute atomic E-state index is 12.2. The van der Waals surface area contributed by atoms with Gasteiger partial charge in [-0.2, -0.15) is 0 Å². The summed E-state index contributed by atoms with van der Waals surface area (Å²) in [7, 11) is 0. The predicted octanol–water partition coefficient (Wildman–Crippen LogP) is 5.15. The standard InChI is InChI=1S/C30H40O7/c1-5-6-24(33)36-20-11-13-28(3)19(15-20)8-9-22-21(28)12-14-29(4)25(18-7-10-23(32)34-16-18)26(35-17(2)31)27-30(22,29)37-27/h7,10,16,19-22,25-27H,5-6,8-9,11-15H2,1-4H3/t19?,20?,21?,22?,25?,26?,27?,28?,29?,30-/m1/s1. The molecule has 1 aliphatic heterocycles. The number of carbonyl (C=O) groups excluding carboxylic acids is 2. The van der Waals surface area contributed by atoms with Crippen LogP contribution in [0.4, 0.5) is 0 Å². The molecule has 1 spiro atoms. The lowest BCUT2D eigenvalue weighted by Crippen LogP contribution is -2.58. The van der Waals surface area contributed by atoms with Gasteiger partial charge in [-0.25, -0.2) is 4.79 Å². The number of esters is 2. The zero-order valence-electron chi connectivity index (χ0n) is 22.5. The number of rotatable bonds is 5. The van der Waals surface area contributed by atoms with Crippen LogP contribution < -0.4 is 5.63 Å². The van der Waals surface area contributed by atoms with Crippen LogP contribution in [0.1, 0.15) is 97.0 Å². The zero-order chi connectivity index (χ0) is 26.2. The Labute approximate surface area is 218 Å². The molecule has 7 nitrogen and oxygen atoms in total. The van der Waals surface area contributed by atoms with Crippen molar-refractivity contribution >= 4 is 11.9 Å². The van der Waals surface area contributed by atoms with Crippen LogP contribution in [0.3, 0.4) is 0 Å². The quantitative estimate of drug-likeness (QED) is 0.398. The summed E-state index contributed by atoms with van der Waals surface area (Å²) in [6.45, 7) is 8.25. The predicted molar refractivity (Wildman–Crippen MR) is 135 cm³/mol. The van der Waals surface area contributed by atoms with Crippen molar-refractivity contribution in [2.75, 3.05) is 0 Å². The molecule has 37 heavy (non-hydrogen) atoms. The van der Waals surface area contributed by atoms with Crippen LogP contribution in [0, 0.1) is 28.6 Å². The Hall–Kier alpha value is -2.15. The van der Waals surface area contributed by atoms with Crippen molar-refractivity contribution in [2.24, 2.45) is 28.6 Å². The van der Waals surface area contributed by atoms with E-state index in [0.717, 1.165) is 56.9 Å². The SMILES string of the molecule is CCCC(=O)OC1CCC2(C)C(CCC3C2CCC2(C)C(c4ccc(=O)oc4)C(OC(C)=O)C4O[C@]342)C1. The Bertz CT molecular complexity index is 1120. The Kier molecular flexibility index (Phi) is 5.90. The Morgan fingerprint density at radius 3 is 2.57 bits per heavy atom. The minimum absolute atomic E-state index is 0.0440. The van der Waals surface area contributed by atoms with Crippen LogP contribution in [0.25, 0.3) is 0 Å². The molecular weight excluding hydrogens is 472 g/mol. The lowest BCUT2D eigenvalue weighted by atomic mass is 9.44. The highest BCUT2D eigenvalue weighted by Crippen LogP contribution is 2.78. The van der Waals surface area contributed by atoms with E-state index in [0.29, 0.717) is 24.2 Å². The van der Waals surface area contributed by atoms with Gasteiger partial charge in [0.2, 0.25) is 0 Å². The van der Waals surface area contributed by atoms with Gasteiger partial charge in [0.15, 0.2) is 0 Å². The first-order valence-corrected chi connectivity index (χ1v) is 14.3. The van der Waals surface area contributed by atoms with Crippen LogP contribution in [0.5, 0.6) is 0 Å². The molecule has 9 unspecified atom stereocenters. The maximum atomic E-state index is 12.2. The average molecular weight is 513 g/mol. The molecule has 0 amide bonds. The number of ether oxygens (including phenoxy) is 3.